The second-order valence-electron chi connectivity index (χ2n) is 7.20. The molecule has 0 aliphatic rings. The number of halogens is 1. The standard InChI is InChI=1S/C25H26ClNO4/c1-18(28)31-24-7-2-4-20(14-24)17-30-23-10-8-19(9-11-23)12-13-27-16-25(29)21-5-3-6-22(26)15-21/h2-11,14-15,25,27,29H,12-13,16-17H2,1H3/t25-/m1/s1. The molecule has 3 aromatic rings. The van der Waals surface area contributed by atoms with Crippen molar-refractivity contribution in [3.8, 4) is 11.5 Å². The number of rotatable bonds is 10. The molecule has 0 spiro atoms. The molecule has 0 bridgehead atoms. The Morgan fingerprint density at radius 3 is 2.52 bits per heavy atom. The predicted molar refractivity (Wildman–Crippen MR) is 122 cm³/mol. The van der Waals surface area contributed by atoms with Crippen molar-refractivity contribution in [1.29, 1.82) is 0 Å². The van der Waals surface area contributed by atoms with Gasteiger partial charge in [0.15, 0.2) is 0 Å². The molecule has 0 aliphatic heterocycles. The van der Waals surface area contributed by atoms with E-state index in [1.807, 2.05) is 48.5 Å². The van der Waals surface area contributed by atoms with E-state index in [1.165, 1.54) is 12.5 Å². The first kappa shape index (κ1) is 22.8. The maximum absolute atomic E-state index is 11.1. The lowest BCUT2D eigenvalue weighted by Crippen LogP contribution is -2.23. The maximum atomic E-state index is 11.1. The van der Waals surface area contributed by atoms with E-state index in [1.54, 1.807) is 24.3 Å². The number of ether oxygens (including phenoxy) is 2. The zero-order chi connectivity index (χ0) is 22.1. The number of carbonyl (C=O) groups is 1. The average molecular weight is 440 g/mol. The lowest BCUT2D eigenvalue weighted by molar-refractivity contribution is -0.131. The van der Waals surface area contributed by atoms with Crippen molar-refractivity contribution in [1.82, 2.24) is 5.32 Å². The molecule has 0 heterocycles. The van der Waals surface area contributed by atoms with Crippen LogP contribution in [0.5, 0.6) is 11.5 Å². The number of aliphatic hydroxyl groups is 1. The molecule has 3 aromatic carbocycles. The lowest BCUT2D eigenvalue weighted by atomic mass is 10.1. The van der Waals surface area contributed by atoms with Gasteiger partial charge >= 0.3 is 5.97 Å². The zero-order valence-electron chi connectivity index (χ0n) is 17.4. The Morgan fingerprint density at radius 2 is 1.77 bits per heavy atom. The normalized spacial score (nSPS) is 11.7. The van der Waals surface area contributed by atoms with Gasteiger partial charge in [0.2, 0.25) is 0 Å². The van der Waals surface area contributed by atoms with Gasteiger partial charge in [0.25, 0.3) is 0 Å². The van der Waals surface area contributed by atoms with Gasteiger partial charge in [-0.25, -0.2) is 0 Å². The largest absolute Gasteiger partial charge is 0.489 e. The van der Waals surface area contributed by atoms with E-state index in [0.717, 1.165) is 29.8 Å². The quantitative estimate of drug-likeness (QED) is 0.272. The maximum Gasteiger partial charge on any atom is 0.308 e. The van der Waals surface area contributed by atoms with Gasteiger partial charge in [-0.15, -0.1) is 0 Å². The van der Waals surface area contributed by atoms with Crippen molar-refractivity contribution in [2.45, 2.75) is 26.1 Å². The van der Waals surface area contributed by atoms with Crippen molar-refractivity contribution in [2.24, 2.45) is 0 Å². The SMILES string of the molecule is CC(=O)Oc1cccc(COc2ccc(CCNC[C@@H](O)c3cccc(Cl)c3)cc2)c1. The van der Waals surface area contributed by atoms with Crippen LogP contribution in [0.2, 0.25) is 5.02 Å². The van der Waals surface area contributed by atoms with Crippen molar-refractivity contribution in [2.75, 3.05) is 13.1 Å². The molecule has 0 radical (unpaired) electrons. The van der Waals surface area contributed by atoms with Crippen LogP contribution in [-0.2, 0) is 17.8 Å². The fourth-order valence-electron chi connectivity index (χ4n) is 3.09. The molecule has 6 heteroatoms. The van der Waals surface area contributed by atoms with Gasteiger partial charge in [0, 0.05) is 18.5 Å². The molecule has 0 fully saturated rings. The van der Waals surface area contributed by atoms with Gasteiger partial charge in [0.1, 0.15) is 18.1 Å². The van der Waals surface area contributed by atoms with Crippen molar-refractivity contribution in [3.63, 3.8) is 0 Å². The summed E-state index contributed by atoms with van der Waals surface area (Å²) in [5, 5.41) is 14.1. The molecular formula is C25H26ClNO4. The number of esters is 1. The highest BCUT2D eigenvalue weighted by Crippen LogP contribution is 2.19. The summed E-state index contributed by atoms with van der Waals surface area (Å²) >= 11 is 5.97. The van der Waals surface area contributed by atoms with Crippen molar-refractivity contribution >= 4 is 17.6 Å². The van der Waals surface area contributed by atoms with Gasteiger partial charge < -0.3 is 19.9 Å². The van der Waals surface area contributed by atoms with E-state index < -0.39 is 6.10 Å². The Labute approximate surface area is 187 Å². The number of hydrogen-bond acceptors (Lipinski definition) is 5. The van der Waals surface area contributed by atoms with E-state index in [9.17, 15) is 9.90 Å². The highest BCUT2D eigenvalue weighted by molar-refractivity contribution is 6.30. The smallest absolute Gasteiger partial charge is 0.308 e. The van der Waals surface area contributed by atoms with Crippen LogP contribution in [0.25, 0.3) is 0 Å². The topological polar surface area (TPSA) is 67.8 Å². The number of carbonyl (C=O) groups excluding carboxylic acids is 1. The Balaban J connectivity index is 1.40. The molecule has 0 aromatic heterocycles. The minimum absolute atomic E-state index is 0.345. The molecule has 2 N–H and O–H groups in total. The van der Waals surface area contributed by atoms with Gasteiger partial charge in [-0.3, -0.25) is 4.79 Å². The zero-order valence-corrected chi connectivity index (χ0v) is 18.1. The summed E-state index contributed by atoms with van der Waals surface area (Å²) in [6.45, 7) is 2.98. The van der Waals surface area contributed by atoms with E-state index in [0.29, 0.717) is 23.9 Å². The number of hydrogen-bond donors (Lipinski definition) is 2. The van der Waals surface area contributed by atoms with Gasteiger partial charge in [-0.2, -0.15) is 0 Å². The third-order valence-electron chi connectivity index (χ3n) is 4.65. The molecule has 0 unspecified atom stereocenters. The number of benzene rings is 3. The first-order chi connectivity index (χ1) is 15.0. The Bertz CT molecular complexity index is 991. The summed E-state index contributed by atoms with van der Waals surface area (Å²) in [6, 6.07) is 22.5. The van der Waals surface area contributed by atoms with Crippen LogP contribution in [0.3, 0.4) is 0 Å². The molecule has 31 heavy (non-hydrogen) atoms. The average Bonchev–Trinajstić information content (AvgIpc) is 2.76. The van der Waals surface area contributed by atoms with Crippen LogP contribution in [0.15, 0.2) is 72.8 Å². The van der Waals surface area contributed by atoms with Gasteiger partial charge in [0.05, 0.1) is 6.10 Å². The van der Waals surface area contributed by atoms with E-state index in [-0.39, 0.29) is 5.97 Å². The first-order valence-electron chi connectivity index (χ1n) is 10.1. The van der Waals surface area contributed by atoms with Crippen molar-refractivity contribution < 1.29 is 19.4 Å². The highest BCUT2D eigenvalue weighted by Gasteiger charge is 2.07. The van der Waals surface area contributed by atoms with Crippen LogP contribution < -0.4 is 14.8 Å². The monoisotopic (exact) mass is 439 g/mol. The third-order valence-corrected chi connectivity index (χ3v) is 4.89. The van der Waals surface area contributed by atoms with Crippen LogP contribution in [-0.4, -0.2) is 24.2 Å². The summed E-state index contributed by atoms with van der Waals surface area (Å²) in [5.74, 6) is 0.935. The Hall–Kier alpha value is -2.86. The Morgan fingerprint density at radius 1 is 1.00 bits per heavy atom. The molecule has 3 rings (SSSR count). The predicted octanol–water partition coefficient (Wildman–Crippen LogP) is 4.71. The fraction of sp³-hybridized carbons (Fsp3) is 0.240. The van der Waals surface area contributed by atoms with E-state index >= 15 is 0 Å². The summed E-state index contributed by atoms with van der Waals surface area (Å²) in [7, 11) is 0. The molecule has 0 saturated carbocycles. The summed E-state index contributed by atoms with van der Waals surface area (Å²) < 4.78 is 10.9. The van der Waals surface area contributed by atoms with Crippen molar-refractivity contribution in [3.05, 3.63) is 94.5 Å². The van der Waals surface area contributed by atoms with Crippen LogP contribution in [0, 0.1) is 0 Å². The van der Waals surface area contributed by atoms with Crippen LogP contribution >= 0.6 is 11.6 Å². The molecule has 1 atom stereocenters. The highest BCUT2D eigenvalue weighted by atomic mass is 35.5. The summed E-state index contributed by atoms with van der Waals surface area (Å²) in [5.41, 5.74) is 2.90. The molecule has 0 saturated heterocycles. The molecule has 0 amide bonds. The molecular weight excluding hydrogens is 414 g/mol. The molecule has 0 aliphatic carbocycles. The van der Waals surface area contributed by atoms with E-state index in [2.05, 4.69) is 5.32 Å². The van der Waals surface area contributed by atoms with Crippen LogP contribution in [0.4, 0.5) is 0 Å². The summed E-state index contributed by atoms with van der Waals surface area (Å²) in [6.07, 6.45) is 0.251. The number of aliphatic hydroxyl groups excluding tert-OH is 1. The van der Waals surface area contributed by atoms with Crippen LogP contribution in [0.1, 0.15) is 29.7 Å². The minimum Gasteiger partial charge on any atom is -0.489 e. The molecule has 5 nitrogen and oxygen atoms in total. The summed E-state index contributed by atoms with van der Waals surface area (Å²) in [4.78, 5) is 11.1. The van der Waals surface area contributed by atoms with E-state index in [4.69, 9.17) is 21.1 Å². The second kappa shape index (κ2) is 11.5. The van der Waals surface area contributed by atoms with Gasteiger partial charge in [-0.1, -0.05) is 48.0 Å². The number of nitrogens with one attached hydrogen (secondary N) is 1. The lowest BCUT2D eigenvalue weighted by Gasteiger charge is -2.13. The molecule has 162 valence electrons. The Kier molecular flexibility index (Phi) is 8.47. The second-order valence-corrected chi connectivity index (χ2v) is 7.64. The fourth-order valence-corrected chi connectivity index (χ4v) is 3.29. The van der Waals surface area contributed by atoms with Gasteiger partial charge in [-0.05, 0) is 66.1 Å². The third kappa shape index (κ3) is 7.72. The first-order valence-corrected chi connectivity index (χ1v) is 10.5. The minimum atomic E-state index is -0.589.